The standard InChI is InChI=1S/C13H7Cl2FN2S/c14-7-3-1-5-9(11(7)16)18-10-6-2-4-8(15)12(10)17-13(18)19/h1-6H,(H,17,19). The van der Waals surface area contributed by atoms with Crippen LogP contribution in [-0.4, -0.2) is 9.55 Å². The Bertz CT molecular complexity index is 838. The van der Waals surface area contributed by atoms with Gasteiger partial charge in [0, 0.05) is 0 Å². The zero-order valence-corrected chi connectivity index (χ0v) is 11.8. The van der Waals surface area contributed by atoms with Gasteiger partial charge in [0.2, 0.25) is 0 Å². The Kier molecular flexibility index (Phi) is 3.09. The molecule has 1 aromatic heterocycles. The molecule has 0 spiro atoms. The van der Waals surface area contributed by atoms with Crippen LogP contribution in [0.25, 0.3) is 16.7 Å². The maximum Gasteiger partial charge on any atom is 0.182 e. The monoisotopic (exact) mass is 312 g/mol. The molecule has 1 heterocycles. The van der Waals surface area contributed by atoms with Crippen LogP contribution in [-0.2, 0) is 0 Å². The third kappa shape index (κ3) is 1.96. The minimum atomic E-state index is -0.513. The van der Waals surface area contributed by atoms with E-state index in [9.17, 15) is 4.39 Å². The number of H-pyrrole nitrogens is 1. The van der Waals surface area contributed by atoms with Gasteiger partial charge in [-0.3, -0.25) is 4.57 Å². The molecule has 3 rings (SSSR count). The van der Waals surface area contributed by atoms with Crippen molar-refractivity contribution >= 4 is 46.5 Å². The van der Waals surface area contributed by atoms with Gasteiger partial charge in [0.15, 0.2) is 10.6 Å². The molecule has 6 heteroatoms. The van der Waals surface area contributed by atoms with Crippen molar-refractivity contribution in [1.82, 2.24) is 9.55 Å². The van der Waals surface area contributed by atoms with Crippen molar-refractivity contribution in [3.63, 3.8) is 0 Å². The summed E-state index contributed by atoms with van der Waals surface area (Å²) in [5.74, 6) is -0.513. The number of hydrogen-bond acceptors (Lipinski definition) is 1. The summed E-state index contributed by atoms with van der Waals surface area (Å²) in [5, 5.41) is 0.584. The van der Waals surface area contributed by atoms with Gasteiger partial charge in [-0.15, -0.1) is 0 Å². The van der Waals surface area contributed by atoms with Crippen LogP contribution in [0.3, 0.4) is 0 Å². The number of aromatic amines is 1. The molecular weight excluding hydrogens is 306 g/mol. The van der Waals surface area contributed by atoms with Crippen LogP contribution in [0.5, 0.6) is 0 Å². The van der Waals surface area contributed by atoms with Crippen LogP contribution in [0, 0.1) is 10.6 Å². The number of hydrogen-bond donors (Lipinski definition) is 1. The minimum absolute atomic E-state index is 0.0516. The van der Waals surface area contributed by atoms with Gasteiger partial charge in [-0.2, -0.15) is 0 Å². The van der Waals surface area contributed by atoms with Gasteiger partial charge in [0.25, 0.3) is 0 Å². The van der Waals surface area contributed by atoms with Gasteiger partial charge in [-0.05, 0) is 36.5 Å². The molecule has 2 aromatic carbocycles. The number of aromatic nitrogens is 2. The predicted molar refractivity (Wildman–Crippen MR) is 78.4 cm³/mol. The number of rotatable bonds is 1. The zero-order chi connectivity index (χ0) is 13.6. The lowest BCUT2D eigenvalue weighted by molar-refractivity contribution is 0.619. The quantitative estimate of drug-likeness (QED) is 0.617. The molecule has 0 amide bonds. The molecule has 0 bridgehead atoms. The molecule has 0 unspecified atom stereocenters. The van der Waals surface area contributed by atoms with Crippen LogP contribution < -0.4 is 0 Å². The second-order valence-corrected chi connectivity index (χ2v) is 5.17. The van der Waals surface area contributed by atoms with E-state index >= 15 is 0 Å². The summed E-state index contributed by atoms with van der Waals surface area (Å²) in [6, 6.07) is 10.1. The first-order chi connectivity index (χ1) is 9.09. The highest BCUT2D eigenvalue weighted by molar-refractivity contribution is 7.71. The number of nitrogens with zero attached hydrogens (tertiary/aromatic N) is 1. The summed E-state index contributed by atoms with van der Waals surface area (Å²) >= 11 is 17.1. The maximum atomic E-state index is 14.1. The van der Waals surface area contributed by atoms with Crippen molar-refractivity contribution in [2.24, 2.45) is 0 Å². The van der Waals surface area contributed by atoms with Crippen LogP contribution in [0.1, 0.15) is 0 Å². The highest BCUT2D eigenvalue weighted by Crippen LogP contribution is 2.28. The van der Waals surface area contributed by atoms with Crippen molar-refractivity contribution in [3.8, 4) is 5.69 Å². The summed E-state index contributed by atoms with van der Waals surface area (Å²) in [5.41, 5.74) is 1.68. The fraction of sp³-hybridized carbons (Fsp3) is 0. The van der Waals surface area contributed by atoms with E-state index < -0.39 is 5.82 Å². The molecule has 0 aliphatic carbocycles. The molecular formula is C13H7Cl2FN2S. The lowest BCUT2D eigenvalue weighted by Crippen LogP contribution is -1.98. The molecule has 2 nitrogen and oxygen atoms in total. The largest absolute Gasteiger partial charge is 0.329 e. The van der Waals surface area contributed by atoms with E-state index in [4.69, 9.17) is 35.4 Å². The normalized spacial score (nSPS) is 11.1. The Morgan fingerprint density at radius 2 is 1.74 bits per heavy atom. The second kappa shape index (κ2) is 4.63. The van der Waals surface area contributed by atoms with Gasteiger partial charge in [0.1, 0.15) is 0 Å². The maximum absolute atomic E-state index is 14.1. The van der Waals surface area contributed by atoms with Crippen LogP contribution in [0.2, 0.25) is 10.0 Å². The average molecular weight is 313 g/mol. The number of para-hydroxylation sites is 1. The van der Waals surface area contributed by atoms with E-state index in [-0.39, 0.29) is 5.02 Å². The molecule has 3 aromatic rings. The number of imidazole rings is 1. The number of fused-ring (bicyclic) bond motifs is 1. The smallest absolute Gasteiger partial charge is 0.182 e. The minimum Gasteiger partial charge on any atom is -0.329 e. The van der Waals surface area contributed by atoms with Crippen molar-refractivity contribution in [3.05, 3.63) is 57.0 Å². The van der Waals surface area contributed by atoms with E-state index in [1.54, 1.807) is 28.8 Å². The second-order valence-electron chi connectivity index (χ2n) is 3.97. The van der Waals surface area contributed by atoms with E-state index in [1.807, 2.05) is 6.07 Å². The molecule has 96 valence electrons. The van der Waals surface area contributed by atoms with E-state index in [0.29, 0.717) is 26.5 Å². The summed E-state index contributed by atoms with van der Waals surface area (Å²) in [7, 11) is 0. The third-order valence-electron chi connectivity index (χ3n) is 2.84. The Labute approximate surface area is 123 Å². The molecule has 0 aliphatic rings. The molecule has 19 heavy (non-hydrogen) atoms. The Balaban J connectivity index is 2.44. The van der Waals surface area contributed by atoms with Gasteiger partial charge in [0.05, 0.1) is 26.8 Å². The number of benzene rings is 2. The highest BCUT2D eigenvalue weighted by atomic mass is 35.5. The van der Waals surface area contributed by atoms with Gasteiger partial charge < -0.3 is 4.98 Å². The van der Waals surface area contributed by atoms with E-state index in [1.165, 1.54) is 6.07 Å². The number of halogens is 3. The molecule has 0 atom stereocenters. The SMILES string of the molecule is Fc1c(Cl)cccc1-n1c(=S)[nH]c2c(Cl)cccc21. The fourth-order valence-corrected chi connectivity index (χ4v) is 2.68. The lowest BCUT2D eigenvalue weighted by Gasteiger charge is -2.07. The van der Waals surface area contributed by atoms with Crippen LogP contribution >= 0.6 is 35.4 Å². The van der Waals surface area contributed by atoms with E-state index in [0.717, 1.165) is 0 Å². The fourth-order valence-electron chi connectivity index (χ4n) is 2.00. The number of nitrogens with one attached hydrogen (secondary N) is 1. The summed E-state index contributed by atoms with van der Waals surface area (Å²) < 4.78 is 16.1. The van der Waals surface area contributed by atoms with Crippen LogP contribution in [0.4, 0.5) is 4.39 Å². The first kappa shape index (κ1) is 12.7. The Morgan fingerprint density at radius 3 is 2.53 bits per heavy atom. The molecule has 0 aliphatic heterocycles. The first-order valence-corrected chi connectivity index (χ1v) is 6.59. The molecule has 0 saturated heterocycles. The Morgan fingerprint density at radius 1 is 1.05 bits per heavy atom. The van der Waals surface area contributed by atoms with Crippen molar-refractivity contribution < 1.29 is 4.39 Å². The lowest BCUT2D eigenvalue weighted by atomic mass is 10.2. The summed E-state index contributed by atoms with van der Waals surface area (Å²) in [6.45, 7) is 0. The predicted octanol–water partition coefficient (Wildman–Crippen LogP) is 5.13. The third-order valence-corrected chi connectivity index (χ3v) is 3.73. The van der Waals surface area contributed by atoms with Gasteiger partial charge in [-0.25, -0.2) is 4.39 Å². The van der Waals surface area contributed by atoms with Crippen molar-refractivity contribution in [1.29, 1.82) is 0 Å². The first-order valence-electron chi connectivity index (χ1n) is 5.43. The molecule has 0 saturated carbocycles. The van der Waals surface area contributed by atoms with Crippen molar-refractivity contribution in [2.45, 2.75) is 0 Å². The van der Waals surface area contributed by atoms with Gasteiger partial charge in [-0.1, -0.05) is 35.3 Å². The highest BCUT2D eigenvalue weighted by Gasteiger charge is 2.13. The average Bonchev–Trinajstić information content (AvgIpc) is 2.71. The molecule has 1 N–H and O–H groups in total. The summed E-state index contributed by atoms with van der Waals surface area (Å²) in [6.07, 6.45) is 0. The van der Waals surface area contributed by atoms with Crippen LogP contribution in [0.15, 0.2) is 36.4 Å². The van der Waals surface area contributed by atoms with E-state index in [2.05, 4.69) is 4.98 Å². The molecule has 0 radical (unpaired) electrons. The zero-order valence-electron chi connectivity index (χ0n) is 9.45. The topological polar surface area (TPSA) is 20.7 Å². The van der Waals surface area contributed by atoms with Crippen molar-refractivity contribution in [2.75, 3.05) is 0 Å². The molecule has 0 fully saturated rings. The Hall–Kier alpha value is -1.36. The van der Waals surface area contributed by atoms with Gasteiger partial charge >= 0.3 is 0 Å². The summed E-state index contributed by atoms with van der Waals surface area (Å²) in [4.78, 5) is 2.98.